The molecule has 8 atom stereocenters. The highest BCUT2D eigenvalue weighted by molar-refractivity contribution is 5.69. The average molecular weight is 711 g/mol. The lowest BCUT2D eigenvalue weighted by Crippen LogP contribution is -2.47. The van der Waals surface area contributed by atoms with Gasteiger partial charge in [0, 0.05) is 26.7 Å². The van der Waals surface area contributed by atoms with Crippen LogP contribution in [0.25, 0.3) is 0 Å². The van der Waals surface area contributed by atoms with Gasteiger partial charge in [0.25, 0.3) is 11.9 Å². The average Bonchev–Trinajstić information content (AvgIpc) is 3.03. The van der Waals surface area contributed by atoms with Crippen molar-refractivity contribution in [1.29, 1.82) is 0 Å². The first kappa shape index (κ1) is 52.2. The third kappa shape index (κ3) is 34.7. The maximum Gasteiger partial charge on any atom is 0.305 e. The van der Waals surface area contributed by atoms with Gasteiger partial charge < -0.3 is 82.2 Å². The van der Waals surface area contributed by atoms with Gasteiger partial charge in [0.2, 0.25) is 0 Å². The molecule has 0 aromatic carbocycles. The van der Waals surface area contributed by atoms with Crippen molar-refractivity contribution in [3.8, 4) is 0 Å². The van der Waals surface area contributed by atoms with Crippen molar-refractivity contribution < 1.29 is 89.9 Å². The molecule has 0 radical (unpaired) electrons. The van der Waals surface area contributed by atoms with Crippen LogP contribution < -0.4 is 11.5 Å². The smallest absolute Gasteiger partial charge is 0.305 e. The molecular weight excluding hydrogens is 652 g/mol. The van der Waals surface area contributed by atoms with Gasteiger partial charge in [-0.25, -0.2) is 0 Å². The van der Waals surface area contributed by atoms with Crippen LogP contribution in [0.3, 0.4) is 0 Å². The summed E-state index contributed by atoms with van der Waals surface area (Å²) in [5, 5.41) is 107. The third-order valence-electron chi connectivity index (χ3n) is 5.65. The number of nitrogens with two attached hydrogens (primary N) is 2. The number of hydrogen-bond donors (Lipinski definition) is 14. The molecule has 0 saturated carbocycles. The topological polar surface area (TPSA) is 382 Å². The van der Waals surface area contributed by atoms with Crippen LogP contribution in [-0.4, -0.2) is 174 Å². The van der Waals surface area contributed by atoms with Gasteiger partial charge in [0.05, 0.1) is 13.2 Å². The lowest BCUT2D eigenvalue weighted by atomic mass is 10.0. The Morgan fingerprint density at radius 1 is 0.500 bits per heavy atom. The van der Waals surface area contributed by atoms with E-state index in [4.69, 9.17) is 61.2 Å². The van der Waals surface area contributed by atoms with Crippen LogP contribution in [-0.2, 0) is 28.7 Å². The van der Waals surface area contributed by atoms with Crippen LogP contribution in [0.15, 0.2) is 0 Å². The molecule has 0 rings (SSSR count). The van der Waals surface area contributed by atoms with E-state index < -0.39 is 99.1 Å². The van der Waals surface area contributed by atoms with Crippen LogP contribution in [0, 0.1) is 0 Å². The molecule has 0 saturated heterocycles. The van der Waals surface area contributed by atoms with E-state index in [1.54, 1.807) is 0 Å². The summed E-state index contributed by atoms with van der Waals surface area (Å²) in [6.07, 6.45) is -8.26. The molecule has 0 heterocycles. The Morgan fingerprint density at radius 2 is 0.750 bits per heavy atom. The highest BCUT2D eigenvalue weighted by Crippen LogP contribution is 2.08. The van der Waals surface area contributed by atoms with E-state index in [1.165, 1.54) is 0 Å². The first-order valence-corrected chi connectivity index (χ1v) is 15.1. The van der Waals surface area contributed by atoms with E-state index in [0.717, 1.165) is 39.5 Å². The van der Waals surface area contributed by atoms with Gasteiger partial charge in [-0.1, -0.05) is 12.8 Å². The fourth-order valence-electron chi connectivity index (χ4n) is 3.01. The van der Waals surface area contributed by atoms with Gasteiger partial charge in [0.1, 0.15) is 62.0 Å². The van der Waals surface area contributed by atoms with Gasteiger partial charge >= 0.3 is 11.9 Å². The molecule has 0 aliphatic rings. The fraction of sp³-hybridized carbons (Fsp3) is 0.857. The molecule has 0 amide bonds. The van der Waals surface area contributed by atoms with Crippen molar-refractivity contribution in [2.24, 2.45) is 11.5 Å². The van der Waals surface area contributed by atoms with Crippen molar-refractivity contribution >= 4 is 23.9 Å². The Kier molecular flexibility index (Phi) is 37.3. The Balaban J connectivity index is -0.000000329. The monoisotopic (exact) mass is 710 g/mol. The molecule has 0 aliphatic carbocycles. The minimum absolute atomic E-state index is 0.185. The maximum atomic E-state index is 11.3. The fourth-order valence-corrected chi connectivity index (χ4v) is 3.01. The number of ether oxygens (including phenoxy) is 2. The van der Waals surface area contributed by atoms with E-state index in [2.05, 4.69) is 0 Å². The second-order valence-electron chi connectivity index (χ2n) is 10.2. The Morgan fingerprint density at radius 3 is 0.979 bits per heavy atom. The van der Waals surface area contributed by atoms with Crippen LogP contribution in [0.2, 0.25) is 0 Å². The predicted octanol–water partition coefficient (Wildman–Crippen LogP) is -4.85. The van der Waals surface area contributed by atoms with Crippen molar-refractivity contribution in [3.63, 3.8) is 0 Å². The van der Waals surface area contributed by atoms with Crippen molar-refractivity contribution in [3.05, 3.63) is 0 Å². The zero-order chi connectivity index (χ0) is 38.2. The highest BCUT2D eigenvalue weighted by atomic mass is 16.5. The zero-order valence-corrected chi connectivity index (χ0v) is 27.5. The lowest BCUT2D eigenvalue weighted by molar-refractivity contribution is -0.156. The molecule has 16 N–H and O–H groups in total. The van der Waals surface area contributed by atoms with E-state index in [9.17, 15) is 40.2 Å². The number of carbonyl (C=O) groups is 4. The molecule has 48 heavy (non-hydrogen) atoms. The minimum atomic E-state index is -1.72. The SMILES string of the molecule is CC(=O)O.CC(=O)O.NCCCCCC(=O)OC[C@@H](O)[C@@H](O)[C@H](O)[C@@H](O)CO.NCCCCCC(=O)OC[C@H](O)[C@@H](O)[C@H](O)[C@H](O)CO. The molecule has 0 fully saturated rings. The van der Waals surface area contributed by atoms with Crippen LogP contribution in [0.1, 0.15) is 65.2 Å². The number of carbonyl (C=O) groups excluding carboxylic acids is 2. The summed E-state index contributed by atoms with van der Waals surface area (Å²) in [7, 11) is 0. The quantitative estimate of drug-likeness (QED) is 0.0370. The summed E-state index contributed by atoms with van der Waals surface area (Å²) >= 11 is 0. The number of aliphatic carboxylic acids is 2. The second kappa shape index (κ2) is 34.3. The molecule has 0 aromatic heterocycles. The summed E-state index contributed by atoms with van der Waals surface area (Å²) in [5.41, 5.74) is 10.6. The number of aliphatic hydroxyl groups excluding tert-OH is 10. The molecule has 0 spiro atoms. The number of unbranched alkanes of at least 4 members (excludes halogenated alkanes) is 4. The van der Waals surface area contributed by atoms with Gasteiger partial charge in [-0.15, -0.1) is 0 Å². The molecule has 0 aliphatic heterocycles. The number of hydrogen-bond acceptors (Lipinski definition) is 18. The summed E-state index contributed by atoms with van der Waals surface area (Å²) in [5.74, 6) is -2.71. The van der Waals surface area contributed by atoms with Crippen molar-refractivity contribution in [2.45, 2.75) is 114 Å². The van der Waals surface area contributed by atoms with Crippen molar-refractivity contribution in [1.82, 2.24) is 0 Å². The Labute approximate surface area is 279 Å². The summed E-state index contributed by atoms with van der Waals surface area (Å²) in [6.45, 7) is 0.784. The minimum Gasteiger partial charge on any atom is -0.481 e. The number of carboxylic acids is 2. The van der Waals surface area contributed by atoms with Crippen LogP contribution in [0.5, 0.6) is 0 Å². The molecule has 20 heteroatoms. The first-order valence-electron chi connectivity index (χ1n) is 15.1. The van der Waals surface area contributed by atoms with Gasteiger partial charge in [-0.05, 0) is 38.8 Å². The normalized spacial score (nSPS) is 15.5. The first-order chi connectivity index (χ1) is 22.3. The van der Waals surface area contributed by atoms with E-state index in [1.807, 2.05) is 0 Å². The number of esters is 2. The molecular formula is C28H58N2O18. The molecule has 0 bridgehead atoms. The van der Waals surface area contributed by atoms with Gasteiger partial charge in [-0.2, -0.15) is 0 Å². The van der Waals surface area contributed by atoms with E-state index >= 15 is 0 Å². The van der Waals surface area contributed by atoms with Crippen molar-refractivity contribution in [2.75, 3.05) is 39.5 Å². The number of aliphatic hydroxyl groups is 10. The standard InChI is InChI=1S/2C12H25NO7.2C2H4O2/c2*13-5-3-1-2-4-10(17)20-7-9(16)12(19)11(18)8(15)6-14;2*1-2(3)4/h2*8-9,11-12,14-16,18-19H,1-7,13H2;2*1H3,(H,3,4)/t8-,9+,11+,12+;8-,9+,11-,12-;;/m01../s1. The molecule has 20 nitrogen and oxygen atoms in total. The van der Waals surface area contributed by atoms with E-state index in [0.29, 0.717) is 25.9 Å². The van der Waals surface area contributed by atoms with Crippen LogP contribution >= 0.6 is 0 Å². The number of carboxylic acid groups (broad SMARTS) is 2. The Bertz CT molecular complexity index is 736. The summed E-state index contributed by atoms with van der Waals surface area (Å²) < 4.78 is 9.47. The predicted molar refractivity (Wildman–Crippen MR) is 166 cm³/mol. The maximum absolute atomic E-state index is 11.3. The molecule has 0 unspecified atom stereocenters. The summed E-state index contributed by atoms with van der Waals surface area (Å²) in [6, 6.07) is 0. The largest absolute Gasteiger partial charge is 0.481 e. The third-order valence-corrected chi connectivity index (χ3v) is 5.65. The second-order valence-corrected chi connectivity index (χ2v) is 10.2. The van der Waals surface area contributed by atoms with Gasteiger partial charge in [-0.3, -0.25) is 19.2 Å². The highest BCUT2D eigenvalue weighted by Gasteiger charge is 2.31. The molecule has 0 aromatic rings. The van der Waals surface area contributed by atoms with Crippen LogP contribution in [0.4, 0.5) is 0 Å². The zero-order valence-electron chi connectivity index (χ0n) is 27.5. The lowest BCUT2D eigenvalue weighted by Gasteiger charge is -2.25. The summed E-state index contributed by atoms with van der Waals surface area (Å²) in [4.78, 5) is 40.6. The number of rotatable bonds is 22. The molecule has 288 valence electrons. The van der Waals surface area contributed by atoms with Gasteiger partial charge in [0.15, 0.2) is 0 Å². The van der Waals surface area contributed by atoms with E-state index in [-0.39, 0.29) is 12.8 Å². The Hall–Kier alpha value is -2.60.